The summed E-state index contributed by atoms with van der Waals surface area (Å²) in [4.78, 5) is 48.4. The summed E-state index contributed by atoms with van der Waals surface area (Å²) >= 11 is 0. The van der Waals surface area contributed by atoms with Crippen LogP contribution >= 0.6 is 0 Å². The lowest BCUT2D eigenvalue weighted by atomic mass is 10.1. The van der Waals surface area contributed by atoms with Crippen LogP contribution in [-0.4, -0.2) is 28.3 Å². The van der Waals surface area contributed by atoms with Crippen LogP contribution in [0.1, 0.15) is 11.1 Å². The summed E-state index contributed by atoms with van der Waals surface area (Å²) in [5.74, 6) is -1.31. The van der Waals surface area contributed by atoms with Gasteiger partial charge >= 0.3 is 5.97 Å². The van der Waals surface area contributed by atoms with Crippen molar-refractivity contribution in [3.8, 4) is 0 Å². The number of nitrogens with one attached hydrogen (secondary N) is 2. The Bertz CT molecular complexity index is 1180. The van der Waals surface area contributed by atoms with Crippen molar-refractivity contribution in [3.63, 3.8) is 0 Å². The van der Waals surface area contributed by atoms with Gasteiger partial charge in [-0.05, 0) is 43.2 Å². The number of hydrogen-bond donors (Lipinski definition) is 2. The van der Waals surface area contributed by atoms with E-state index >= 15 is 0 Å². The molecule has 0 aliphatic heterocycles. The minimum Gasteiger partial charge on any atom is -0.454 e. The van der Waals surface area contributed by atoms with Gasteiger partial charge in [-0.3, -0.25) is 24.3 Å². The molecular formula is C20H19N3O5. The highest BCUT2D eigenvalue weighted by Crippen LogP contribution is 2.16. The topological polar surface area (TPSA) is 110 Å². The Hall–Kier alpha value is -3.68. The second-order valence-electron chi connectivity index (χ2n) is 6.41. The number of hydrogen-bond acceptors (Lipinski definition) is 5. The van der Waals surface area contributed by atoms with Crippen LogP contribution in [0.25, 0.3) is 10.8 Å². The first kappa shape index (κ1) is 19.1. The van der Waals surface area contributed by atoms with Crippen molar-refractivity contribution in [2.24, 2.45) is 0 Å². The SMILES string of the molecule is Cc1ccc(C)c(NC(=O)COC(=O)Cn2[nH]c(=O)c3ccccc3c2=O)c1. The summed E-state index contributed by atoms with van der Waals surface area (Å²) in [6.07, 6.45) is 0. The zero-order valence-corrected chi connectivity index (χ0v) is 15.4. The van der Waals surface area contributed by atoms with Crippen LogP contribution in [0.4, 0.5) is 5.69 Å². The number of aromatic nitrogens is 2. The fraction of sp³-hybridized carbons (Fsp3) is 0.200. The molecule has 0 spiro atoms. The van der Waals surface area contributed by atoms with E-state index in [9.17, 15) is 19.2 Å². The third kappa shape index (κ3) is 4.17. The fourth-order valence-corrected chi connectivity index (χ4v) is 2.74. The second kappa shape index (κ2) is 7.91. The van der Waals surface area contributed by atoms with Gasteiger partial charge in [-0.15, -0.1) is 0 Å². The first-order valence-electron chi connectivity index (χ1n) is 8.60. The maximum atomic E-state index is 12.4. The summed E-state index contributed by atoms with van der Waals surface area (Å²) in [5.41, 5.74) is 1.49. The number of ether oxygens (including phenoxy) is 1. The summed E-state index contributed by atoms with van der Waals surface area (Å²) in [6.45, 7) is 2.75. The first-order valence-corrected chi connectivity index (χ1v) is 8.60. The van der Waals surface area contributed by atoms with Gasteiger partial charge in [0.15, 0.2) is 6.61 Å². The van der Waals surface area contributed by atoms with E-state index < -0.39 is 36.1 Å². The number of aryl methyl sites for hydroxylation is 2. The lowest BCUT2D eigenvalue weighted by Crippen LogP contribution is -2.33. The van der Waals surface area contributed by atoms with Crippen LogP contribution in [0.2, 0.25) is 0 Å². The molecule has 3 aromatic rings. The van der Waals surface area contributed by atoms with Crippen LogP contribution in [-0.2, 0) is 20.9 Å². The first-order chi connectivity index (χ1) is 13.3. The van der Waals surface area contributed by atoms with Gasteiger partial charge in [0.1, 0.15) is 6.54 Å². The van der Waals surface area contributed by atoms with Crippen molar-refractivity contribution in [2.45, 2.75) is 20.4 Å². The number of nitrogens with zero attached hydrogens (tertiary/aromatic N) is 1. The Kier molecular flexibility index (Phi) is 5.39. The summed E-state index contributed by atoms with van der Waals surface area (Å²) in [6, 6.07) is 11.9. The highest BCUT2D eigenvalue weighted by Gasteiger charge is 2.13. The number of carbonyl (C=O) groups excluding carboxylic acids is 2. The molecule has 0 fully saturated rings. The predicted molar refractivity (Wildman–Crippen MR) is 104 cm³/mol. The highest BCUT2D eigenvalue weighted by molar-refractivity contribution is 5.93. The van der Waals surface area contributed by atoms with Crippen LogP contribution in [0.15, 0.2) is 52.1 Å². The summed E-state index contributed by atoms with van der Waals surface area (Å²) in [5, 5.41) is 5.45. The molecule has 0 radical (unpaired) electrons. The van der Waals surface area contributed by atoms with E-state index in [1.54, 1.807) is 12.1 Å². The number of H-pyrrole nitrogens is 1. The molecular weight excluding hydrogens is 362 g/mol. The molecule has 3 rings (SSSR count). The standard InChI is InChI=1S/C20H19N3O5/c1-12-7-8-13(2)16(9-12)21-17(24)11-28-18(25)10-23-20(27)15-6-4-3-5-14(15)19(26)22-23/h3-9H,10-11H2,1-2H3,(H,21,24)(H,22,26). The largest absolute Gasteiger partial charge is 0.454 e. The van der Waals surface area contributed by atoms with Crippen molar-refractivity contribution in [1.82, 2.24) is 9.78 Å². The molecule has 0 atom stereocenters. The number of fused-ring (bicyclic) bond motifs is 1. The van der Waals surface area contributed by atoms with Crippen LogP contribution < -0.4 is 16.4 Å². The number of carbonyl (C=O) groups is 2. The molecule has 8 nitrogen and oxygen atoms in total. The minimum atomic E-state index is -0.816. The molecule has 0 saturated heterocycles. The molecule has 0 saturated carbocycles. The molecule has 1 amide bonds. The summed E-state index contributed by atoms with van der Waals surface area (Å²) < 4.78 is 5.79. The van der Waals surface area contributed by atoms with Crippen molar-refractivity contribution < 1.29 is 14.3 Å². The molecule has 1 heterocycles. The molecule has 28 heavy (non-hydrogen) atoms. The van der Waals surface area contributed by atoms with Crippen LogP contribution in [0, 0.1) is 13.8 Å². The number of anilines is 1. The number of aromatic amines is 1. The lowest BCUT2D eigenvalue weighted by molar-refractivity contribution is -0.148. The van der Waals surface area contributed by atoms with Crippen LogP contribution in [0.5, 0.6) is 0 Å². The fourth-order valence-electron chi connectivity index (χ4n) is 2.74. The molecule has 144 valence electrons. The normalized spacial score (nSPS) is 10.6. The number of benzene rings is 2. The van der Waals surface area contributed by atoms with Gasteiger partial charge in [0.05, 0.1) is 10.8 Å². The molecule has 2 aromatic carbocycles. The summed E-state index contributed by atoms with van der Waals surface area (Å²) in [7, 11) is 0. The average Bonchev–Trinajstić information content (AvgIpc) is 2.67. The van der Waals surface area contributed by atoms with Crippen molar-refractivity contribution in [2.75, 3.05) is 11.9 Å². The smallest absolute Gasteiger partial charge is 0.328 e. The molecule has 0 unspecified atom stereocenters. The van der Waals surface area contributed by atoms with Gasteiger partial charge in [0.2, 0.25) is 0 Å². The number of rotatable bonds is 5. The van der Waals surface area contributed by atoms with E-state index in [1.807, 2.05) is 32.0 Å². The zero-order chi connectivity index (χ0) is 20.3. The van der Waals surface area contributed by atoms with Gasteiger partial charge < -0.3 is 10.1 Å². The Morgan fingerprint density at radius 1 is 1.07 bits per heavy atom. The van der Waals surface area contributed by atoms with E-state index in [4.69, 9.17) is 4.74 Å². The lowest BCUT2D eigenvalue weighted by Gasteiger charge is -2.10. The van der Waals surface area contributed by atoms with Gasteiger partial charge in [-0.1, -0.05) is 24.3 Å². The molecule has 0 aliphatic rings. The Labute approximate surface area is 159 Å². The second-order valence-corrected chi connectivity index (χ2v) is 6.41. The molecule has 2 N–H and O–H groups in total. The van der Waals surface area contributed by atoms with Gasteiger partial charge in [-0.2, -0.15) is 0 Å². The molecule has 1 aromatic heterocycles. The number of amides is 1. The molecule has 0 aliphatic carbocycles. The zero-order valence-electron chi connectivity index (χ0n) is 15.4. The van der Waals surface area contributed by atoms with Crippen molar-refractivity contribution in [1.29, 1.82) is 0 Å². The number of esters is 1. The minimum absolute atomic E-state index is 0.201. The van der Waals surface area contributed by atoms with Gasteiger partial charge in [0.25, 0.3) is 17.0 Å². The third-order valence-electron chi connectivity index (χ3n) is 4.20. The Morgan fingerprint density at radius 2 is 1.79 bits per heavy atom. The monoisotopic (exact) mass is 381 g/mol. The van der Waals surface area contributed by atoms with Gasteiger partial charge in [-0.25, -0.2) is 4.68 Å². The Balaban J connectivity index is 1.65. The van der Waals surface area contributed by atoms with Crippen LogP contribution in [0.3, 0.4) is 0 Å². The van der Waals surface area contributed by atoms with E-state index in [0.29, 0.717) is 5.69 Å². The van der Waals surface area contributed by atoms with Gasteiger partial charge in [0, 0.05) is 5.69 Å². The molecule has 0 bridgehead atoms. The predicted octanol–water partition coefficient (Wildman–Crippen LogP) is 1.49. The van der Waals surface area contributed by atoms with Crippen molar-refractivity contribution in [3.05, 3.63) is 74.3 Å². The third-order valence-corrected chi connectivity index (χ3v) is 4.20. The van der Waals surface area contributed by atoms with E-state index in [-0.39, 0.29) is 10.8 Å². The van der Waals surface area contributed by atoms with Crippen molar-refractivity contribution >= 4 is 28.3 Å². The quantitative estimate of drug-likeness (QED) is 0.651. The maximum absolute atomic E-state index is 12.4. The highest BCUT2D eigenvalue weighted by atomic mass is 16.5. The van der Waals surface area contributed by atoms with E-state index in [1.165, 1.54) is 12.1 Å². The van der Waals surface area contributed by atoms with E-state index in [2.05, 4.69) is 10.4 Å². The van der Waals surface area contributed by atoms with E-state index in [0.717, 1.165) is 15.8 Å². The maximum Gasteiger partial charge on any atom is 0.328 e. The average molecular weight is 381 g/mol. The Morgan fingerprint density at radius 3 is 2.54 bits per heavy atom. The molecule has 8 heteroatoms.